The van der Waals surface area contributed by atoms with Gasteiger partial charge in [0.1, 0.15) is 11.8 Å². The van der Waals surface area contributed by atoms with Crippen LogP contribution in [0.4, 0.5) is 5.69 Å². The minimum atomic E-state index is -0.799. The zero-order valence-corrected chi connectivity index (χ0v) is 27.7. The molecule has 43 heavy (non-hydrogen) atoms. The fourth-order valence-corrected chi connectivity index (χ4v) is 9.81. The van der Waals surface area contributed by atoms with E-state index in [-0.39, 0.29) is 36.8 Å². The zero-order valence-electron chi connectivity index (χ0n) is 26.8. The van der Waals surface area contributed by atoms with Crippen LogP contribution >= 0.6 is 11.8 Å². The predicted octanol–water partition coefficient (Wildman–Crippen LogP) is 4.92. The summed E-state index contributed by atoms with van der Waals surface area (Å²) in [5.41, 5.74) is 0.185. The highest BCUT2D eigenvalue weighted by atomic mass is 32.2. The molecule has 0 saturated carbocycles. The van der Waals surface area contributed by atoms with Crippen molar-refractivity contribution in [3.05, 3.63) is 49.6 Å². The Morgan fingerprint density at radius 3 is 2.28 bits per heavy atom. The van der Waals surface area contributed by atoms with Gasteiger partial charge in [-0.2, -0.15) is 0 Å². The highest BCUT2D eigenvalue weighted by Crippen LogP contribution is 2.72. The number of likely N-dealkylation sites (tertiary alicyclic amines) is 1. The molecule has 9 heteroatoms. The van der Waals surface area contributed by atoms with Crippen LogP contribution in [0, 0.1) is 17.8 Å². The third-order valence-corrected chi connectivity index (χ3v) is 11.4. The van der Waals surface area contributed by atoms with Gasteiger partial charge in [-0.25, -0.2) is 0 Å². The summed E-state index contributed by atoms with van der Waals surface area (Å²) in [6, 6.07) is 6.05. The van der Waals surface area contributed by atoms with Gasteiger partial charge < -0.3 is 24.5 Å². The third-order valence-electron chi connectivity index (χ3n) is 9.45. The minimum absolute atomic E-state index is 0.0879. The molecule has 2 unspecified atom stereocenters. The van der Waals surface area contributed by atoms with Gasteiger partial charge in [0.15, 0.2) is 0 Å². The molecule has 6 atom stereocenters. The summed E-state index contributed by atoms with van der Waals surface area (Å²) >= 11 is 1.65. The molecule has 4 rings (SSSR count). The van der Waals surface area contributed by atoms with E-state index in [1.54, 1.807) is 38.6 Å². The van der Waals surface area contributed by atoms with Crippen molar-refractivity contribution in [1.82, 2.24) is 9.80 Å². The lowest BCUT2D eigenvalue weighted by Crippen LogP contribution is -2.61. The highest BCUT2D eigenvalue weighted by molar-refractivity contribution is 8.02. The van der Waals surface area contributed by atoms with Crippen molar-refractivity contribution in [2.75, 3.05) is 31.2 Å². The highest BCUT2D eigenvalue weighted by Gasteiger charge is 2.78. The number of thioether (sulfide) groups is 1. The van der Waals surface area contributed by atoms with E-state index in [2.05, 4.69) is 20.1 Å². The van der Waals surface area contributed by atoms with Crippen molar-refractivity contribution in [1.29, 1.82) is 0 Å². The van der Waals surface area contributed by atoms with E-state index >= 15 is 0 Å². The Bertz CT molecular complexity index is 1240. The summed E-state index contributed by atoms with van der Waals surface area (Å²) in [6.07, 6.45) is 4.76. The maximum atomic E-state index is 14.7. The number of amides is 3. The maximum Gasteiger partial charge on any atom is 0.247 e. The number of ether oxygens (including phenoxy) is 1. The van der Waals surface area contributed by atoms with Crippen molar-refractivity contribution in [2.24, 2.45) is 17.8 Å². The lowest BCUT2D eigenvalue weighted by Gasteiger charge is -2.44. The Hall–Kier alpha value is -2.78. The molecule has 3 saturated heterocycles. The third kappa shape index (κ3) is 5.52. The molecule has 2 bridgehead atoms. The Morgan fingerprint density at radius 2 is 1.77 bits per heavy atom. The first-order valence-electron chi connectivity index (χ1n) is 15.4. The summed E-state index contributed by atoms with van der Waals surface area (Å²) in [6.45, 7) is 22.5. The fraction of sp³-hybridized carbons (Fsp3) is 0.618. The number of hydrogen-bond acceptors (Lipinski definition) is 6. The standard InChI is InChI=1S/C34H49N3O5S/c1-10-19-35(23-13-15-24(16-14-23)42-12-3)29(39)26-27-30(40)37(25(21-38)22(4)5)28(34(27)18-17-33(26,9)43-34)31(41)36(20-11-2)32(6,7)8/h10-11,13-16,22,25-28,38H,1-2,12,17-21H2,3-9H3/t25-,26+,27-,28?,33-,34?/m0/s1. The second-order valence-electron chi connectivity index (χ2n) is 13.5. The molecule has 3 fully saturated rings. The van der Waals surface area contributed by atoms with Crippen molar-refractivity contribution in [2.45, 2.75) is 88.4 Å². The Labute approximate surface area is 261 Å². The zero-order chi connectivity index (χ0) is 31.9. The van der Waals surface area contributed by atoms with E-state index < -0.39 is 39.0 Å². The molecule has 0 aromatic heterocycles. The van der Waals surface area contributed by atoms with E-state index in [0.29, 0.717) is 37.4 Å². The van der Waals surface area contributed by atoms with E-state index in [9.17, 15) is 19.5 Å². The largest absolute Gasteiger partial charge is 0.494 e. The van der Waals surface area contributed by atoms with Crippen molar-refractivity contribution in [3.63, 3.8) is 0 Å². The first-order chi connectivity index (χ1) is 20.2. The molecular formula is C34H49N3O5S. The molecule has 1 N–H and O–H groups in total. The molecule has 8 nitrogen and oxygen atoms in total. The molecular weight excluding hydrogens is 562 g/mol. The van der Waals surface area contributed by atoms with Crippen LogP contribution in [0.5, 0.6) is 5.75 Å². The second-order valence-corrected chi connectivity index (χ2v) is 15.4. The average molecular weight is 612 g/mol. The number of nitrogens with zero attached hydrogens (tertiary/aromatic N) is 3. The number of benzene rings is 1. The molecule has 0 radical (unpaired) electrons. The smallest absolute Gasteiger partial charge is 0.247 e. The van der Waals surface area contributed by atoms with Crippen LogP contribution in [-0.2, 0) is 14.4 Å². The van der Waals surface area contributed by atoms with Gasteiger partial charge in [0.05, 0.1) is 35.8 Å². The first-order valence-corrected chi connectivity index (χ1v) is 16.2. The van der Waals surface area contributed by atoms with Crippen LogP contribution in [0.15, 0.2) is 49.6 Å². The number of carbonyl (C=O) groups is 3. The van der Waals surface area contributed by atoms with Crippen LogP contribution in [0.2, 0.25) is 0 Å². The van der Waals surface area contributed by atoms with E-state index in [4.69, 9.17) is 4.74 Å². The number of fused-ring (bicyclic) bond motifs is 1. The maximum absolute atomic E-state index is 14.7. The molecule has 3 aliphatic rings. The van der Waals surface area contributed by atoms with Crippen LogP contribution in [0.3, 0.4) is 0 Å². The van der Waals surface area contributed by atoms with E-state index in [0.717, 1.165) is 0 Å². The molecule has 0 aliphatic carbocycles. The molecule has 3 heterocycles. The van der Waals surface area contributed by atoms with E-state index in [1.807, 2.05) is 65.8 Å². The number of aliphatic hydroxyl groups is 1. The molecule has 1 spiro atoms. The molecule has 236 valence electrons. The van der Waals surface area contributed by atoms with E-state index in [1.165, 1.54) is 0 Å². The lowest BCUT2D eigenvalue weighted by atomic mass is 9.66. The fourth-order valence-electron chi connectivity index (χ4n) is 7.48. The van der Waals surface area contributed by atoms with Crippen LogP contribution in [0.1, 0.15) is 61.3 Å². The number of hydrogen-bond donors (Lipinski definition) is 1. The summed E-state index contributed by atoms with van der Waals surface area (Å²) in [5.74, 6) is -1.20. The van der Waals surface area contributed by atoms with Gasteiger partial charge in [0, 0.05) is 29.1 Å². The van der Waals surface area contributed by atoms with Gasteiger partial charge in [0.25, 0.3) is 0 Å². The van der Waals surface area contributed by atoms with Gasteiger partial charge in [-0.15, -0.1) is 24.9 Å². The van der Waals surface area contributed by atoms with Crippen molar-refractivity contribution < 1.29 is 24.2 Å². The van der Waals surface area contributed by atoms with Gasteiger partial charge in [0.2, 0.25) is 17.7 Å². The Balaban J connectivity index is 1.84. The minimum Gasteiger partial charge on any atom is -0.494 e. The number of aliphatic hydroxyl groups excluding tert-OH is 1. The van der Waals surface area contributed by atoms with Crippen LogP contribution in [-0.4, -0.2) is 86.0 Å². The summed E-state index contributed by atoms with van der Waals surface area (Å²) in [5, 5.41) is 10.6. The van der Waals surface area contributed by atoms with Gasteiger partial charge in [-0.1, -0.05) is 26.0 Å². The summed E-state index contributed by atoms with van der Waals surface area (Å²) < 4.78 is 4.30. The topological polar surface area (TPSA) is 90.4 Å². The summed E-state index contributed by atoms with van der Waals surface area (Å²) in [7, 11) is 0. The van der Waals surface area contributed by atoms with Crippen LogP contribution in [0.25, 0.3) is 0 Å². The predicted molar refractivity (Wildman–Crippen MR) is 173 cm³/mol. The second kappa shape index (κ2) is 12.3. The monoisotopic (exact) mass is 611 g/mol. The number of anilines is 1. The Morgan fingerprint density at radius 1 is 1.14 bits per heavy atom. The van der Waals surface area contributed by atoms with Crippen molar-refractivity contribution in [3.8, 4) is 5.75 Å². The average Bonchev–Trinajstić information content (AvgIpc) is 3.51. The Kier molecular flexibility index (Phi) is 9.48. The van der Waals surface area contributed by atoms with Gasteiger partial charge in [-0.3, -0.25) is 14.4 Å². The number of rotatable bonds is 12. The summed E-state index contributed by atoms with van der Waals surface area (Å²) in [4.78, 5) is 49.2. The molecule has 1 aromatic rings. The number of carbonyl (C=O) groups excluding carboxylic acids is 3. The quantitative estimate of drug-likeness (QED) is 0.338. The molecule has 1 aromatic carbocycles. The van der Waals surface area contributed by atoms with Crippen LogP contribution < -0.4 is 9.64 Å². The first kappa shape index (κ1) is 33.1. The molecule has 3 aliphatic heterocycles. The normalized spacial score (nSPS) is 28.5. The van der Waals surface area contributed by atoms with Gasteiger partial charge >= 0.3 is 0 Å². The van der Waals surface area contributed by atoms with Gasteiger partial charge in [-0.05, 0) is 77.6 Å². The molecule has 3 amide bonds. The van der Waals surface area contributed by atoms with Crippen molar-refractivity contribution >= 4 is 35.2 Å². The SMILES string of the molecule is C=CCN(C(=O)[C@H]1[C@H]2C(=O)N([C@@H](CO)C(C)C)C(C(=O)N(CC=C)C(C)(C)C)C23CC[C@]1(C)S3)c1ccc(OCC)cc1. The lowest BCUT2D eigenvalue weighted by molar-refractivity contribution is -0.149.